The van der Waals surface area contributed by atoms with Crippen LogP contribution in [-0.2, 0) is 32.7 Å². The molecule has 0 aliphatic heterocycles. The third-order valence-electron chi connectivity index (χ3n) is 27.7. The Morgan fingerprint density at radius 1 is 0.398 bits per heavy atom. The summed E-state index contributed by atoms with van der Waals surface area (Å²) in [5.74, 6) is 17.5. The van der Waals surface area contributed by atoms with E-state index in [1.54, 1.807) is 45.3 Å². The van der Waals surface area contributed by atoms with Gasteiger partial charge < -0.3 is 31.0 Å². The molecule has 5 N–H and O–H groups in total. The van der Waals surface area contributed by atoms with Crippen molar-refractivity contribution in [3.63, 3.8) is 0 Å². The lowest BCUT2D eigenvalue weighted by Gasteiger charge is -2.57. The lowest BCUT2D eigenvalue weighted by atomic mass is 9.53. The summed E-state index contributed by atoms with van der Waals surface area (Å²) in [6.07, 6.45) is 45.9. The van der Waals surface area contributed by atoms with E-state index in [9.17, 15) is 0 Å². The molecule has 7 heterocycles. The van der Waals surface area contributed by atoms with Crippen molar-refractivity contribution < 1.29 is 4.42 Å². The first-order valence-corrected chi connectivity index (χ1v) is 44.0. The third-order valence-corrected chi connectivity index (χ3v) is 33.2. The smallest absolute Gasteiger partial charge is 0.230 e. The Hall–Kier alpha value is -3.21. The lowest BCUT2D eigenvalue weighted by molar-refractivity contribution is -0.0216. The highest BCUT2D eigenvalue weighted by atomic mass is 32.1. The van der Waals surface area contributed by atoms with Gasteiger partial charge in [0, 0.05) is 76.1 Å². The summed E-state index contributed by atoms with van der Waals surface area (Å²) in [5.41, 5.74) is 4.66. The van der Waals surface area contributed by atoms with Crippen molar-refractivity contribution in [1.82, 2.24) is 61.1 Å². The minimum atomic E-state index is 0.386. The Kier molecular flexibility index (Phi) is 18.8. The van der Waals surface area contributed by atoms with Gasteiger partial charge >= 0.3 is 0 Å². The predicted molar refractivity (Wildman–Crippen MR) is 400 cm³/mol. The number of hydrogen-bond donors (Lipinski definition) is 5. The van der Waals surface area contributed by atoms with Crippen LogP contribution in [0.1, 0.15) is 237 Å². The normalized spacial score (nSPS) is 39.1. The summed E-state index contributed by atoms with van der Waals surface area (Å²) in [5, 5.41) is 40.8. The number of thiazole rings is 3. The maximum atomic E-state index is 5.46. The molecule has 98 heavy (non-hydrogen) atoms. The van der Waals surface area contributed by atoms with Gasteiger partial charge in [-0.2, -0.15) is 4.37 Å². The Morgan fingerprint density at radius 3 is 1.04 bits per heavy atom. The Morgan fingerprint density at radius 2 is 0.745 bits per heavy atom. The van der Waals surface area contributed by atoms with Gasteiger partial charge in [0.1, 0.15) is 15.0 Å². The molecule has 7 aromatic heterocycles. The van der Waals surface area contributed by atoms with Gasteiger partial charge in [-0.15, -0.1) is 66.9 Å². The molecule has 20 aliphatic rings. The zero-order chi connectivity index (χ0) is 65.6. The summed E-state index contributed by atoms with van der Waals surface area (Å²) in [4.78, 5) is 22.5. The number of nitrogens with zero attached hydrogens (tertiary/aromatic N) is 7. The van der Waals surface area contributed by atoms with Crippen LogP contribution >= 0.6 is 68.2 Å². The molecular formula is C79H108N12OS6. The number of aryl methyl sites for hydroxylation is 3. The molecule has 20 fully saturated rings. The van der Waals surface area contributed by atoms with E-state index in [1.165, 1.54) is 245 Å². The fraction of sp³-hybridized carbons (Fsp3) is 0.734. The molecule has 526 valence electrons. The largest absolute Gasteiger partial charge is 0.424 e. The topological polar surface area (TPSA) is 164 Å². The number of rotatable bonds is 17. The lowest BCUT2D eigenvalue weighted by Crippen LogP contribution is -2.58. The minimum absolute atomic E-state index is 0.386. The maximum Gasteiger partial charge on any atom is 0.230 e. The fourth-order valence-corrected chi connectivity index (χ4v) is 30.6. The van der Waals surface area contributed by atoms with E-state index >= 15 is 0 Å². The van der Waals surface area contributed by atoms with Gasteiger partial charge in [0.25, 0.3) is 0 Å². The van der Waals surface area contributed by atoms with Crippen molar-refractivity contribution in [3.05, 3.63) is 95.9 Å². The van der Waals surface area contributed by atoms with Crippen LogP contribution in [-0.4, -0.2) is 62.2 Å². The molecule has 20 bridgehead atoms. The summed E-state index contributed by atoms with van der Waals surface area (Å²) in [7, 11) is 0. The van der Waals surface area contributed by atoms with Crippen molar-refractivity contribution >= 4 is 68.2 Å². The fourth-order valence-electron chi connectivity index (χ4n) is 26.1. The van der Waals surface area contributed by atoms with Crippen LogP contribution in [0.2, 0.25) is 0 Å². The third kappa shape index (κ3) is 14.9. The number of thiophene rings is 2. The average molecular weight is 1430 g/mol. The van der Waals surface area contributed by atoms with Gasteiger partial charge in [-0.05, 0) is 330 Å². The first kappa shape index (κ1) is 66.7. The minimum Gasteiger partial charge on any atom is -0.424 e. The monoisotopic (exact) mass is 1430 g/mol. The summed E-state index contributed by atoms with van der Waals surface area (Å²) in [6.45, 7) is 10.5. The van der Waals surface area contributed by atoms with Gasteiger partial charge in [0.2, 0.25) is 11.8 Å². The second-order valence-corrected chi connectivity index (χ2v) is 41.7. The number of nitrogens with one attached hydrogen (secondary N) is 5. The van der Waals surface area contributed by atoms with Gasteiger partial charge in [-0.25, -0.2) is 19.9 Å². The molecule has 0 spiro atoms. The van der Waals surface area contributed by atoms with Crippen LogP contribution in [0.25, 0.3) is 19.8 Å². The van der Waals surface area contributed by atoms with Crippen LogP contribution in [0.3, 0.4) is 0 Å². The Bertz CT molecular complexity index is 3310. The quantitative estimate of drug-likeness (QED) is 0.0586. The van der Waals surface area contributed by atoms with Gasteiger partial charge in [-0.3, -0.25) is 0 Å². The van der Waals surface area contributed by atoms with E-state index in [1.807, 2.05) is 31.4 Å². The Balaban J connectivity index is 0.0000000891. The molecule has 13 nitrogen and oxygen atoms in total. The maximum absolute atomic E-state index is 5.46. The molecule has 0 unspecified atom stereocenters. The van der Waals surface area contributed by atoms with E-state index in [2.05, 4.69) is 104 Å². The molecule has 7 aromatic rings. The summed E-state index contributed by atoms with van der Waals surface area (Å²) < 4.78 is 9.86. The van der Waals surface area contributed by atoms with Gasteiger partial charge in [0.15, 0.2) is 5.82 Å². The molecular weight excluding hydrogens is 1330 g/mol. The molecule has 20 aliphatic carbocycles. The number of aromatic nitrogens is 7. The highest BCUT2D eigenvalue weighted by molar-refractivity contribution is 7.20. The zero-order valence-corrected chi connectivity index (χ0v) is 63.5. The highest BCUT2D eigenvalue weighted by Crippen LogP contribution is 2.60. The summed E-state index contributed by atoms with van der Waals surface area (Å²) in [6, 6.07) is 8.54. The highest BCUT2D eigenvalue weighted by Gasteiger charge is 2.55. The van der Waals surface area contributed by atoms with Crippen molar-refractivity contribution in [2.24, 2.45) is 88.8 Å². The summed E-state index contributed by atoms with van der Waals surface area (Å²) >= 11 is 10.5. The zero-order valence-electron chi connectivity index (χ0n) is 58.6. The molecule has 19 heteroatoms. The molecule has 20 saturated carbocycles. The van der Waals surface area contributed by atoms with Gasteiger partial charge in [0.05, 0.1) is 39.2 Å². The van der Waals surface area contributed by atoms with E-state index in [4.69, 9.17) is 14.4 Å². The molecule has 0 radical (unpaired) electrons. The van der Waals surface area contributed by atoms with E-state index in [-0.39, 0.29) is 0 Å². The second-order valence-electron chi connectivity index (χ2n) is 35.8. The van der Waals surface area contributed by atoms with Crippen LogP contribution < -0.4 is 26.6 Å². The van der Waals surface area contributed by atoms with Crippen LogP contribution in [0.4, 0.5) is 0 Å². The first-order chi connectivity index (χ1) is 47.7. The van der Waals surface area contributed by atoms with Crippen molar-refractivity contribution in [2.45, 2.75) is 274 Å². The van der Waals surface area contributed by atoms with Crippen molar-refractivity contribution in [3.8, 4) is 19.8 Å². The van der Waals surface area contributed by atoms with Crippen molar-refractivity contribution in [1.29, 1.82) is 0 Å². The second kappa shape index (κ2) is 27.7. The molecule has 27 rings (SSSR count). The van der Waals surface area contributed by atoms with Crippen LogP contribution in [0.15, 0.2) is 56.4 Å². The molecule has 0 atom stereocenters. The van der Waals surface area contributed by atoms with E-state index in [0.717, 1.165) is 138 Å². The van der Waals surface area contributed by atoms with Crippen LogP contribution in [0.5, 0.6) is 0 Å². The predicted octanol–water partition coefficient (Wildman–Crippen LogP) is 18.7. The SMILES string of the molecule is Cc1nc(CNC23CC4CC(CC(C4)C2)C3)ns1.Cc1ncc(CNC23CC4CC(CC(C4)C2)C3)s1.Cc1nnc(CNC23CC4CC(CC(C4)C2)C3)o1.c1csc(-c2nc(CNC34CC5CC(CC(C5)C3)C4)cs2)c1.c1csc(-c2nc(CNC34CC5CC(CC(C5)C3)C4)cs2)c1. The molecule has 0 aromatic carbocycles. The van der Waals surface area contributed by atoms with E-state index < -0.39 is 0 Å². The molecule has 0 saturated heterocycles. The molecule has 0 amide bonds. The average Bonchev–Trinajstić information content (AvgIpc) is 1.12. The first-order valence-electron chi connectivity index (χ1n) is 38.9. The number of hydrogen-bond acceptors (Lipinski definition) is 19. The van der Waals surface area contributed by atoms with Gasteiger partial charge in [-0.1, -0.05) is 12.1 Å². The standard InChI is InChI=1S/2C18H22N2S2.C15H22N2S.C14H21N3O.C14H21N3S/c2*1-2-16(21-3-1)17-20-15(11-22-17)10-19-18-7-12-4-13(8-18)6-14(5-12)9-18;1-10-16-8-14(18-10)9-17-15-5-11-2-12(6-15)4-13(3-11)7-15;1-9-16-17-13(18-9)8-15-14-5-10-2-11(6-14)4-12(3-10)7-14;1-9-16-13(17-18-9)8-15-14-5-10-2-11(6-14)4-12(3-10)7-14/h2*1-3,11-14,19H,4-10H2;8,11-13,17H,2-7,9H2,1H3;2*10-12,15H,2-8H2,1H3. The van der Waals surface area contributed by atoms with Crippen molar-refractivity contribution in [2.75, 3.05) is 0 Å². The van der Waals surface area contributed by atoms with Crippen LogP contribution in [0, 0.1) is 110 Å². The Labute approximate surface area is 607 Å². The van der Waals surface area contributed by atoms with E-state index in [0.29, 0.717) is 33.6 Å².